The maximum absolute atomic E-state index is 12.4. The fourth-order valence-electron chi connectivity index (χ4n) is 3.21. The van der Waals surface area contributed by atoms with Crippen molar-refractivity contribution in [2.24, 2.45) is 5.92 Å². The van der Waals surface area contributed by atoms with Crippen molar-refractivity contribution in [3.63, 3.8) is 0 Å². The second kappa shape index (κ2) is 10.6. The number of nitrogens with one attached hydrogen (secondary N) is 3. The van der Waals surface area contributed by atoms with Gasteiger partial charge in [0.25, 0.3) is 0 Å². The molecule has 0 radical (unpaired) electrons. The van der Waals surface area contributed by atoms with Crippen molar-refractivity contribution in [3.8, 4) is 0 Å². The Morgan fingerprint density at radius 3 is 2.35 bits per heavy atom. The van der Waals surface area contributed by atoms with E-state index in [0.29, 0.717) is 31.8 Å². The summed E-state index contributed by atoms with van der Waals surface area (Å²) in [5.74, 6) is -2.26. The molecule has 2 aromatic heterocycles. The molecule has 180 valence electrons. The minimum absolute atomic E-state index is 0.00399. The second-order valence-corrected chi connectivity index (χ2v) is 7.36. The van der Waals surface area contributed by atoms with Gasteiger partial charge in [-0.25, -0.2) is 14.7 Å². The quantitative estimate of drug-likeness (QED) is 0.441. The Hall–Kier alpha value is -4.16. The van der Waals surface area contributed by atoms with Gasteiger partial charge in [-0.3, -0.25) is 14.3 Å². The van der Waals surface area contributed by atoms with Gasteiger partial charge in [0.05, 0.1) is 0 Å². The third-order valence-electron chi connectivity index (χ3n) is 4.97. The first-order valence-electron chi connectivity index (χ1n) is 10.1. The number of aromatic amines is 1. The molecule has 0 aliphatic carbocycles. The summed E-state index contributed by atoms with van der Waals surface area (Å²) in [4.78, 5) is 36.9. The molecule has 0 bridgehead atoms. The Bertz CT molecular complexity index is 1180. The van der Waals surface area contributed by atoms with Crippen LogP contribution >= 0.6 is 0 Å². The lowest BCUT2D eigenvalue weighted by atomic mass is 9.97. The van der Waals surface area contributed by atoms with Gasteiger partial charge in [0, 0.05) is 49.2 Å². The summed E-state index contributed by atoms with van der Waals surface area (Å²) in [7, 11) is 0. The van der Waals surface area contributed by atoms with Gasteiger partial charge in [-0.2, -0.15) is 18.3 Å². The van der Waals surface area contributed by atoms with E-state index in [1.54, 1.807) is 17.0 Å². The van der Waals surface area contributed by atoms with Gasteiger partial charge in [-0.15, -0.1) is 0 Å². The van der Waals surface area contributed by atoms with Gasteiger partial charge in [-0.05, 0) is 36.2 Å². The molecular formula is C21H21F3N6O4. The Kier molecular flexibility index (Phi) is 7.66. The van der Waals surface area contributed by atoms with E-state index >= 15 is 0 Å². The van der Waals surface area contributed by atoms with Gasteiger partial charge in [0.2, 0.25) is 5.91 Å². The van der Waals surface area contributed by atoms with E-state index in [9.17, 15) is 22.8 Å². The predicted octanol–water partition coefficient (Wildman–Crippen LogP) is 2.22. The van der Waals surface area contributed by atoms with Crippen molar-refractivity contribution in [2.75, 3.05) is 5.32 Å². The van der Waals surface area contributed by atoms with Crippen molar-refractivity contribution in [2.45, 2.75) is 32.1 Å². The largest absolute Gasteiger partial charge is 0.490 e. The first-order chi connectivity index (χ1) is 16.1. The summed E-state index contributed by atoms with van der Waals surface area (Å²) in [5, 5.41) is 19.8. The van der Waals surface area contributed by atoms with E-state index in [0.717, 1.165) is 16.9 Å². The molecule has 0 saturated carbocycles. The standard InChI is InChI=1S/C19H20N6O2.C2HF3O2/c26-18(14-7-10-25-17(11-14)23-24-19(25)27)21-12-13-1-3-15(4-2-13)22-16-5-8-20-9-6-16;3-2(4,5)1(6)7/h1-6,8-9,14H,7,10-12H2,(H,20,22)(H,21,26)(H,24,27);(H,6,7). The number of halogens is 3. The minimum Gasteiger partial charge on any atom is -0.475 e. The number of pyridine rings is 1. The zero-order chi connectivity index (χ0) is 24.7. The van der Waals surface area contributed by atoms with Crippen LogP contribution in [-0.2, 0) is 29.1 Å². The molecule has 4 rings (SSSR count). The van der Waals surface area contributed by atoms with Crippen LogP contribution in [0.4, 0.5) is 24.5 Å². The molecule has 3 heterocycles. The van der Waals surface area contributed by atoms with Crippen molar-refractivity contribution in [1.82, 2.24) is 25.1 Å². The first-order valence-corrected chi connectivity index (χ1v) is 10.1. The molecule has 0 fully saturated rings. The molecule has 13 heteroatoms. The summed E-state index contributed by atoms with van der Waals surface area (Å²) >= 11 is 0. The van der Waals surface area contributed by atoms with Crippen LogP contribution < -0.4 is 16.3 Å². The topological polar surface area (TPSA) is 142 Å². The molecule has 1 aliphatic heterocycles. The average Bonchev–Trinajstić information content (AvgIpc) is 3.19. The van der Waals surface area contributed by atoms with Gasteiger partial charge in [0.1, 0.15) is 5.82 Å². The van der Waals surface area contributed by atoms with Crippen LogP contribution in [0.5, 0.6) is 0 Å². The van der Waals surface area contributed by atoms with Crippen LogP contribution in [0.1, 0.15) is 17.8 Å². The number of hydrogen-bond acceptors (Lipinski definition) is 6. The molecule has 1 atom stereocenters. The zero-order valence-corrected chi connectivity index (χ0v) is 17.7. The second-order valence-electron chi connectivity index (χ2n) is 7.36. The number of carboxylic acids is 1. The summed E-state index contributed by atoms with van der Waals surface area (Å²) in [6.07, 6.45) is -0.480. The van der Waals surface area contributed by atoms with Crippen LogP contribution in [0.25, 0.3) is 0 Å². The Labute approximate surface area is 190 Å². The number of fused-ring (bicyclic) bond motifs is 1. The third kappa shape index (κ3) is 6.67. The van der Waals surface area contributed by atoms with Crippen LogP contribution in [0.3, 0.4) is 0 Å². The third-order valence-corrected chi connectivity index (χ3v) is 4.97. The highest BCUT2D eigenvalue weighted by molar-refractivity contribution is 5.79. The van der Waals surface area contributed by atoms with Crippen molar-refractivity contribution in [1.29, 1.82) is 0 Å². The van der Waals surface area contributed by atoms with Crippen molar-refractivity contribution in [3.05, 3.63) is 70.7 Å². The van der Waals surface area contributed by atoms with Gasteiger partial charge < -0.3 is 15.7 Å². The van der Waals surface area contributed by atoms with Crippen molar-refractivity contribution < 1.29 is 27.9 Å². The number of benzene rings is 1. The average molecular weight is 478 g/mol. The van der Waals surface area contributed by atoms with Crippen LogP contribution in [0.2, 0.25) is 0 Å². The molecular weight excluding hydrogens is 457 g/mol. The number of amides is 1. The van der Waals surface area contributed by atoms with Crippen molar-refractivity contribution >= 4 is 23.3 Å². The van der Waals surface area contributed by atoms with E-state index in [2.05, 4.69) is 25.8 Å². The molecule has 0 spiro atoms. The van der Waals surface area contributed by atoms with Crippen LogP contribution in [-0.4, -0.2) is 42.9 Å². The van der Waals surface area contributed by atoms with Gasteiger partial charge in [0.15, 0.2) is 0 Å². The zero-order valence-electron chi connectivity index (χ0n) is 17.7. The van der Waals surface area contributed by atoms with Gasteiger partial charge in [-0.1, -0.05) is 12.1 Å². The fraction of sp³-hybridized carbons (Fsp3) is 0.286. The van der Waals surface area contributed by atoms with E-state index in [4.69, 9.17) is 9.90 Å². The fourth-order valence-corrected chi connectivity index (χ4v) is 3.21. The van der Waals surface area contributed by atoms with E-state index in [1.165, 1.54) is 0 Å². The maximum Gasteiger partial charge on any atom is 0.490 e. The Morgan fingerprint density at radius 2 is 1.74 bits per heavy atom. The Morgan fingerprint density at radius 1 is 1.12 bits per heavy atom. The number of carboxylic acid groups (broad SMARTS) is 1. The molecule has 4 N–H and O–H groups in total. The first kappa shape index (κ1) is 24.5. The number of carbonyl (C=O) groups excluding carboxylic acids is 1. The molecule has 1 unspecified atom stereocenters. The summed E-state index contributed by atoms with van der Waals surface area (Å²) in [5.41, 5.74) is 2.76. The highest BCUT2D eigenvalue weighted by Gasteiger charge is 2.38. The number of carbonyl (C=O) groups is 2. The lowest BCUT2D eigenvalue weighted by Crippen LogP contribution is -2.36. The lowest BCUT2D eigenvalue weighted by Gasteiger charge is -2.21. The molecule has 34 heavy (non-hydrogen) atoms. The molecule has 1 aromatic carbocycles. The molecule has 3 aromatic rings. The number of rotatable bonds is 5. The number of aliphatic carboxylic acids is 1. The lowest BCUT2D eigenvalue weighted by molar-refractivity contribution is -0.192. The number of hydrogen-bond donors (Lipinski definition) is 4. The molecule has 1 amide bonds. The van der Waals surface area contributed by atoms with E-state index < -0.39 is 12.1 Å². The molecule has 10 nitrogen and oxygen atoms in total. The number of nitrogens with zero attached hydrogens (tertiary/aromatic N) is 3. The monoisotopic (exact) mass is 478 g/mol. The summed E-state index contributed by atoms with van der Waals surface area (Å²) in [6.45, 7) is 0.996. The predicted molar refractivity (Wildman–Crippen MR) is 114 cm³/mol. The minimum atomic E-state index is -5.08. The van der Waals surface area contributed by atoms with E-state index in [-0.39, 0.29) is 17.5 Å². The number of aromatic nitrogens is 4. The SMILES string of the molecule is O=C(NCc1ccc(Nc2ccncc2)cc1)C1CCn2c(n[nH]c2=O)C1.O=C(O)C(F)(F)F. The smallest absolute Gasteiger partial charge is 0.475 e. The number of H-pyrrole nitrogens is 1. The summed E-state index contributed by atoms with van der Waals surface area (Å²) in [6, 6.07) is 11.7. The van der Waals surface area contributed by atoms with Crippen LogP contribution in [0.15, 0.2) is 53.6 Å². The Balaban J connectivity index is 0.000000406. The highest BCUT2D eigenvalue weighted by Crippen LogP contribution is 2.18. The maximum atomic E-state index is 12.4. The van der Waals surface area contributed by atoms with E-state index in [1.807, 2.05) is 36.4 Å². The van der Waals surface area contributed by atoms with Crippen LogP contribution in [0, 0.1) is 5.92 Å². The number of alkyl halides is 3. The molecule has 1 aliphatic rings. The number of anilines is 2. The van der Waals surface area contributed by atoms with Gasteiger partial charge >= 0.3 is 17.8 Å². The highest BCUT2D eigenvalue weighted by atomic mass is 19.4. The molecule has 0 saturated heterocycles. The summed E-state index contributed by atoms with van der Waals surface area (Å²) < 4.78 is 33.3. The normalized spacial score (nSPS) is 14.9.